The Balaban J connectivity index is 2.44. The summed E-state index contributed by atoms with van der Waals surface area (Å²) in [5.41, 5.74) is 1.89. The third kappa shape index (κ3) is 4.99. The number of anilines is 1. The van der Waals surface area contributed by atoms with Crippen LogP contribution in [0.25, 0.3) is 0 Å². The molecule has 1 rings (SSSR count). The zero-order valence-electron chi connectivity index (χ0n) is 11.5. The second-order valence-electron chi connectivity index (χ2n) is 4.31. The lowest BCUT2D eigenvalue weighted by Crippen LogP contribution is -2.35. The number of carbonyl (C=O) groups excluding carboxylic acids is 2. The number of esters is 1. The molecule has 2 N–H and O–H groups in total. The third-order valence-corrected chi connectivity index (χ3v) is 2.77. The first kappa shape index (κ1) is 15.0. The Morgan fingerprint density at radius 2 is 2.11 bits per heavy atom. The molecule has 0 aromatic heterocycles. The smallest absolute Gasteiger partial charge is 0.319 e. The van der Waals surface area contributed by atoms with Crippen LogP contribution >= 0.6 is 0 Å². The van der Waals surface area contributed by atoms with E-state index in [4.69, 9.17) is 0 Å². The molecule has 0 aliphatic rings. The van der Waals surface area contributed by atoms with Crippen LogP contribution in [0.5, 0.6) is 0 Å². The van der Waals surface area contributed by atoms with Crippen molar-refractivity contribution < 1.29 is 14.3 Å². The Morgan fingerprint density at radius 1 is 1.37 bits per heavy atom. The van der Waals surface area contributed by atoms with Gasteiger partial charge in [0.1, 0.15) is 0 Å². The maximum atomic E-state index is 11.7. The zero-order valence-corrected chi connectivity index (χ0v) is 11.5. The van der Waals surface area contributed by atoms with Crippen LogP contribution in [0, 0.1) is 5.92 Å². The van der Waals surface area contributed by atoms with Gasteiger partial charge in [-0.25, -0.2) is 4.79 Å². The topological polar surface area (TPSA) is 67.4 Å². The highest BCUT2D eigenvalue weighted by molar-refractivity contribution is 5.89. The van der Waals surface area contributed by atoms with Crippen molar-refractivity contribution in [2.24, 2.45) is 5.92 Å². The zero-order chi connectivity index (χ0) is 14.3. The van der Waals surface area contributed by atoms with E-state index in [0.717, 1.165) is 17.7 Å². The Bertz CT molecular complexity index is 446. The van der Waals surface area contributed by atoms with Crippen LogP contribution in [0.2, 0.25) is 0 Å². The summed E-state index contributed by atoms with van der Waals surface area (Å²) in [5.74, 6) is -0.703. The predicted octanol–water partition coefficient (Wildman–Crippen LogP) is 2.18. The first-order valence-corrected chi connectivity index (χ1v) is 6.28. The van der Waals surface area contributed by atoms with Gasteiger partial charge < -0.3 is 15.4 Å². The van der Waals surface area contributed by atoms with Gasteiger partial charge in [0, 0.05) is 12.2 Å². The summed E-state index contributed by atoms with van der Waals surface area (Å²) in [5, 5.41) is 5.36. The molecular formula is C14H20N2O3. The van der Waals surface area contributed by atoms with E-state index in [2.05, 4.69) is 22.3 Å². The van der Waals surface area contributed by atoms with Crippen LogP contribution < -0.4 is 10.6 Å². The Kier molecular flexibility index (Phi) is 5.85. The van der Waals surface area contributed by atoms with Crippen molar-refractivity contribution in [2.75, 3.05) is 19.0 Å². The molecule has 1 aromatic rings. The van der Waals surface area contributed by atoms with Crippen molar-refractivity contribution in [3.63, 3.8) is 0 Å². The van der Waals surface area contributed by atoms with E-state index in [1.54, 1.807) is 6.92 Å². The molecule has 0 saturated carbocycles. The molecule has 104 valence electrons. The highest BCUT2D eigenvalue weighted by atomic mass is 16.5. The van der Waals surface area contributed by atoms with E-state index in [1.165, 1.54) is 7.11 Å². The first-order valence-electron chi connectivity index (χ1n) is 6.28. The second-order valence-corrected chi connectivity index (χ2v) is 4.31. The average molecular weight is 264 g/mol. The fourth-order valence-electron chi connectivity index (χ4n) is 1.57. The molecular weight excluding hydrogens is 244 g/mol. The molecule has 0 aliphatic heterocycles. The van der Waals surface area contributed by atoms with Crippen LogP contribution in [-0.4, -0.2) is 25.7 Å². The first-order chi connectivity index (χ1) is 9.06. The maximum absolute atomic E-state index is 11.7. The van der Waals surface area contributed by atoms with Gasteiger partial charge in [0.25, 0.3) is 0 Å². The predicted molar refractivity (Wildman–Crippen MR) is 74.0 cm³/mol. The fourth-order valence-corrected chi connectivity index (χ4v) is 1.57. The van der Waals surface area contributed by atoms with Gasteiger partial charge in [-0.3, -0.25) is 4.79 Å². The van der Waals surface area contributed by atoms with Crippen LogP contribution in [0.15, 0.2) is 24.3 Å². The number of amides is 2. The quantitative estimate of drug-likeness (QED) is 0.801. The molecule has 0 heterocycles. The molecule has 5 nitrogen and oxygen atoms in total. The Morgan fingerprint density at radius 3 is 2.74 bits per heavy atom. The number of carbonyl (C=O) groups is 2. The van der Waals surface area contributed by atoms with Crippen LogP contribution in [0.4, 0.5) is 10.5 Å². The van der Waals surface area contributed by atoms with E-state index < -0.39 is 0 Å². The molecule has 0 fully saturated rings. The molecule has 0 spiro atoms. The highest BCUT2D eigenvalue weighted by Gasteiger charge is 2.13. The van der Waals surface area contributed by atoms with E-state index in [-0.39, 0.29) is 24.5 Å². The van der Waals surface area contributed by atoms with Crippen molar-refractivity contribution in [3.05, 3.63) is 29.8 Å². The van der Waals surface area contributed by atoms with Crippen LogP contribution in [0.1, 0.15) is 19.4 Å². The van der Waals surface area contributed by atoms with Gasteiger partial charge in [-0.2, -0.15) is 0 Å². The largest absolute Gasteiger partial charge is 0.469 e. The number of rotatable bonds is 5. The third-order valence-electron chi connectivity index (χ3n) is 2.77. The summed E-state index contributed by atoms with van der Waals surface area (Å²) >= 11 is 0. The van der Waals surface area contributed by atoms with E-state index in [0.29, 0.717) is 0 Å². The SMILES string of the molecule is CCc1cccc(NC(=O)NCC(C)C(=O)OC)c1. The van der Waals surface area contributed by atoms with Crippen LogP contribution in [-0.2, 0) is 16.0 Å². The van der Waals surface area contributed by atoms with E-state index >= 15 is 0 Å². The molecule has 1 aromatic carbocycles. The van der Waals surface area contributed by atoms with E-state index in [1.807, 2.05) is 24.3 Å². The number of aryl methyl sites for hydroxylation is 1. The minimum absolute atomic E-state index is 0.242. The summed E-state index contributed by atoms with van der Waals surface area (Å²) in [6.45, 7) is 3.99. The minimum Gasteiger partial charge on any atom is -0.469 e. The number of ether oxygens (including phenoxy) is 1. The molecule has 19 heavy (non-hydrogen) atoms. The molecule has 1 atom stereocenters. The standard InChI is InChI=1S/C14H20N2O3/c1-4-11-6-5-7-12(8-11)16-14(18)15-9-10(2)13(17)19-3/h5-8,10H,4,9H2,1-3H3,(H2,15,16,18). The molecule has 1 unspecified atom stereocenters. The number of benzene rings is 1. The average Bonchev–Trinajstić information content (AvgIpc) is 2.44. The van der Waals surface area contributed by atoms with Crippen molar-refractivity contribution in [1.82, 2.24) is 5.32 Å². The van der Waals surface area contributed by atoms with Gasteiger partial charge in [-0.05, 0) is 24.1 Å². The lowest BCUT2D eigenvalue weighted by Gasteiger charge is -2.11. The van der Waals surface area contributed by atoms with Crippen molar-refractivity contribution in [1.29, 1.82) is 0 Å². The number of urea groups is 1. The van der Waals surface area contributed by atoms with Gasteiger partial charge in [0.2, 0.25) is 0 Å². The summed E-state index contributed by atoms with van der Waals surface area (Å²) in [4.78, 5) is 22.8. The van der Waals surface area contributed by atoms with Crippen molar-refractivity contribution in [2.45, 2.75) is 20.3 Å². The van der Waals surface area contributed by atoms with Crippen LogP contribution in [0.3, 0.4) is 0 Å². The number of hydrogen-bond donors (Lipinski definition) is 2. The molecule has 5 heteroatoms. The molecule has 0 aliphatic carbocycles. The van der Waals surface area contributed by atoms with Gasteiger partial charge in [-0.15, -0.1) is 0 Å². The Hall–Kier alpha value is -2.04. The maximum Gasteiger partial charge on any atom is 0.319 e. The lowest BCUT2D eigenvalue weighted by molar-refractivity contribution is -0.144. The molecule has 0 radical (unpaired) electrons. The lowest BCUT2D eigenvalue weighted by atomic mass is 10.1. The van der Waals surface area contributed by atoms with Gasteiger partial charge in [-0.1, -0.05) is 26.0 Å². The fraction of sp³-hybridized carbons (Fsp3) is 0.429. The molecule has 0 saturated heterocycles. The summed E-state index contributed by atoms with van der Waals surface area (Å²) in [7, 11) is 1.33. The highest BCUT2D eigenvalue weighted by Crippen LogP contribution is 2.10. The summed E-state index contributed by atoms with van der Waals surface area (Å²) in [6, 6.07) is 7.31. The number of methoxy groups -OCH3 is 1. The van der Waals surface area contributed by atoms with Gasteiger partial charge in [0.15, 0.2) is 0 Å². The molecule has 2 amide bonds. The molecule has 0 bridgehead atoms. The summed E-state index contributed by atoms with van der Waals surface area (Å²) in [6.07, 6.45) is 0.913. The van der Waals surface area contributed by atoms with Crippen molar-refractivity contribution >= 4 is 17.7 Å². The summed E-state index contributed by atoms with van der Waals surface area (Å²) < 4.78 is 4.58. The Labute approximate surface area is 113 Å². The number of nitrogens with one attached hydrogen (secondary N) is 2. The minimum atomic E-state index is -0.363. The van der Waals surface area contributed by atoms with Gasteiger partial charge >= 0.3 is 12.0 Å². The normalized spacial score (nSPS) is 11.5. The van der Waals surface area contributed by atoms with E-state index in [9.17, 15) is 9.59 Å². The van der Waals surface area contributed by atoms with Crippen molar-refractivity contribution in [3.8, 4) is 0 Å². The van der Waals surface area contributed by atoms with Gasteiger partial charge in [0.05, 0.1) is 13.0 Å². The number of hydrogen-bond acceptors (Lipinski definition) is 3. The second kappa shape index (κ2) is 7.41. The monoisotopic (exact) mass is 264 g/mol.